The first-order chi connectivity index (χ1) is 13.9. The van der Waals surface area contributed by atoms with Crippen LogP contribution in [0, 0.1) is 0 Å². The Morgan fingerprint density at radius 2 is 1.79 bits per heavy atom. The first kappa shape index (κ1) is 20.3. The van der Waals surface area contributed by atoms with E-state index in [-0.39, 0.29) is 5.41 Å². The van der Waals surface area contributed by atoms with Crippen LogP contribution in [0.25, 0.3) is 0 Å². The molecule has 0 N–H and O–H groups in total. The van der Waals surface area contributed by atoms with Gasteiger partial charge in [0.15, 0.2) is 11.0 Å². The zero-order chi connectivity index (χ0) is 20.4. The zero-order valence-corrected chi connectivity index (χ0v) is 18.6. The Balaban J connectivity index is 1.44. The molecule has 0 amide bonds. The molecule has 0 atom stereocenters. The largest absolute Gasteiger partial charge is 0.484 e. The summed E-state index contributed by atoms with van der Waals surface area (Å²) in [4.78, 5) is 0. The van der Waals surface area contributed by atoms with E-state index in [4.69, 9.17) is 16.3 Å². The number of para-hydroxylation sites is 1. The quantitative estimate of drug-likeness (QED) is 0.407. The Morgan fingerprint density at radius 1 is 1.07 bits per heavy atom. The third-order valence-electron chi connectivity index (χ3n) is 5.03. The van der Waals surface area contributed by atoms with Gasteiger partial charge in [-0.2, -0.15) is 0 Å². The van der Waals surface area contributed by atoms with Gasteiger partial charge in [-0.25, -0.2) is 0 Å². The van der Waals surface area contributed by atoms with E-state index in [9.17, 15) is 0 Å². The summed E-state index contributed by atoms with van der Waals surface area (Å²) in [6.45, 7) is 7.08. The van der Waals surface area contributed by atoms with Gasteiger partial charge in [-0.15, -0.1) is 10.2 Å². The maximum atomic E-state index is 6.20. The lowest BCUT2D eigenvalue weighted by atomic mass is 9.87. The van der Waals surface area contributed by atoms with Crippen LogP contribution in [0.4, 0.5) is 0 Å². The highest BCUT2D eigenvalue weighted by atomic mass is 35.5. The average molecular weight is 428 g/mol. The van der Waals surface area contributed by atoms with Gasteiger partial charge in [-0.3, -0.25) is 4.57 Å². The fourth-order valence-electron chi connectivity index (χ4n) is 3.16. The lowest BCUT2D eigenvalue weighted by Crippen LogP contribution is -2.10. The Morgan fingerprint density at radius 3 is 2.45 bits per heavy atom. The monoisotopic (exact) mass is 427 g/mol. The molecule has 2 aromatic carbocycles. The molecule has 1 saturated carbocycles. The minimum absolute atomic E-state index is 0.175. The molecule has 1 aliphatic rings. The number of aromatic nitrogens is 3. The standard InChI is InChI=1S/C23H26ClN3OS/c1-23(2,3)17-10-8-16(9-11-17)15-29-22-26-25-21(27(22)18-12-13-18)14-28-20-7-5-4-6-19(20)24/h4-11,18H,12-15H2,1-3H3. The minimum Gasteiger partial charge on any atom is -0.484 e. The number of nitrogens with zero attached hydrogens (tertiary/aromatic N) is 3. The highest BCUT2D eigenvalue weighted by Crippen LogP contribution is 2.39. The van der Waals surface area contributed by atoms with E-state index in [0.717, 1.165) is 16.7 Å². The van der Waals surface area contributed by atoms with Crippen molar-refractivity contribution in [3.63, 3.8) is 0 Å². The summed E-state index contributed by atoms with van der Waals surface area (Å²) in [5.41, 5.74) is 2.82. The Bertz CT molecular complexity index is 975. The number of halogens is 1. The van der Waals surface area contributed by atoms with Crippen LogP contribution in [-0.4, -0.2) is 14.8 Å². The van der Waals surface area contributed by atoms with E-state index < -0.39 is 0 Å². The molecule has 4 rings (SSSR count). The molecule has 0 spiro atoms. The van der Waals surface area contributed by atoms with Crippen LogP contribution in [0.2, 0.25) is 5.02 Å². The predicted molar refractivity (Wildman–Crippen MR) is 119 cm³/mol. The molecule has 29 heavy (non-hydrogen) atoms. The van der Waals surface area contributed by atoms with Gasteiger partial charge < -0.3 is 4.74 Å². The molecule has 6 heteroatoms. The molecule has 3 aromatic rings. The van der Waals surface area contributed by atoms with Gasteiger partial charge in [-0.1, -0.05) is 80.5 Å². The van der Waals surface area contributed by atoms with Gasteiger partial charge in [0.2, 0.25) is 0 Å². The van der Waals surface area contributed by atoms with E-state index >= 15 is 0 Å². The topological polar surface area (TPSA) is 39.9 Å². The van der Waals surface area contributed by atoms with E-state index in [1.54, 1.807) is 11.8 Å². The molecule has 0 unspecified atom stereocenters. The second kappa shape index (κ2) is 8.41. The number of benzene rings is 2. The number of rotatable bonds is 7. The normalized spacial score (nSPS) is 14.2. The summed E-state index contributed by atoms with van der Waals surface area (Å²) in [7, 11) is 0. The highest BCUT2D eigenvalue weighted by molar-refractivity contribution is 7.98. The fourth-order valence-corrected chi connectivity index (χ4v) is 4.33. The van der Waals surface area contributed by atoms with Crippen LogP contribution >= 0.6 is 23.4 Å². The van der Waals surface area contributed by atoms with Crippen molar-refractivity contribution >= 4 is 23.4 Å². The van der Waals surface area contributed by atoms with Crippen LogP contribution in [0.15, 0.2) is 53.7 Å². The molecule has 0 bridgehead atoms. The first-order valence-electron chi connectivity index (χ1n) is 9.95. The smallest absolute Gasteiger partial charge is 0.191 e. The molecule has 1 aliphatic carbocycles. The molecular formula is C23H26ClN3OS. The second-order valence-electron chi connectivity index (χ2n) is 8.45. The van der Waals surface area contributed by atoms with Gasteiger partial charge in [0.05, 0.1) is 5.02 Å². The molecule has 1 fully saturated rings. The van der Waals surface area contributed by atoms with E-state index in [0.29, 0.717) is 23.4 Å². The van der Waals surface area contributed by atoms with E-state index in [2.05, 4.69) is 59.8 Å². The second-order valence-corrected chi connectivity index (χ2v) is 9.80. The summed E-state index contributed by atoms with van der Waals surface area (Å²) in [6, 6.07) is 16.9. The summed E-state index contributed by atoms with van der Waals surface area (Å²) in [6.07, 6.45) is 2.34. The fraction of sp³-hybridized carbons (Fsp3) is 0.391. The van der Waals surface area contributed by atoms with Crippen LogP contribution < -0.4 is 4.74 Å². The molecule has 0 saturated heterocycles. The third-order valence-corrected chi connectivity index (χ3v) is 6.35. The van der Waals surface area contributed by atoms with Crippen molar-refractivity contribution in [1.82, 2.24) is 14.8 Å². The van der Waals surface area contributed by atoms with Crippen molar-refractivity contribution in [2.75, 3.05) is 0 Å². The van der Waals surface area contributed by atoms with Crippen molar-refractivity contribution in [3.8, 4) is 5.75 Å². The lowest BCUT2D eigenvalue weighted by molar-refractivity contribution is 0.288. The zero-order valence-electron chi connectivity index (χ0n) is 17.1. The summed E-state index contributed by atoms with van der Waals surface area (Å²) in [5.74, 6) is 2.41. The number of ether oxygens (including phenoxy) is 1. The number of thioether (sulfide) groups is 1. The van der Waals surface area contributed by atoms with Crippen LogP contribution in [0.5, 0.6) is 5.75 Å². The Kier molecular flexibility index (Phi) is 5.88. The lowest BCUT2D eigenvalue weighted by Gasteiger charge is -2.19. The van der Waals surface area contributed by atoms with Gasteiger partial charge in [0.1, 0.15) is 12.4 Å². The average Bonchev–Trinajstić information content (AvgIpc) is 3.45. The van der Waals surface area contributed by atoms with Gasteiger partial charge in [-0.05, 0) is 41.5 Å². The van der Waals surface area contributed by atoms with Crippen molar-refractivity contribution in [2.45, 2.75) is 62.6 Å². The predicted octanol–water partition coefficient (Wildman–Crippen LogP) is 6.44. The molecular weight excluding hydrogens is 402 g/mol. The van der Waals surface area contributed by atoms with Crippen LogP contribution in [0.3, 0.4) is 0 Å². The summed E-state index contributed by atoms with van der Waals surface area (Å²) >= 11 is 7.93. The maximum Gasteiger partial charge on any atom is 0.191 e. The molecule has 0 radical (unpaired) electrons. The van der Waals surface area contributed by atoms with Gasteiger partial charge in [0, 0.05) is 11.8 Å². The maximum absolute atomic E-state index is 6.20. The number of hydrogen-bond acceptors (Lipinski definition) is 4. The SMILES string of the molecule is CC(C)(C)c1ccc(CSc2nnc(COc3ccccc3Cl)n2C2CC2)cc1. The summed E-state index contributed by atoms with van der Waals surface area (Å²) < 4.78 is 8.14. The molecule has 1 heterocycles. The highest BCUT2D eigenvalue weighted by Gasteiger charge is 2.30. The van der Waals surface area contributed by atoms with Crippen molar-refractivity contribution in [3.05, 3.63) is 70.5 Å². The van der Waals surface area contributed by atoms with Crippen molar-refractivity contribution in [1.29, 1.82) is 0 Å². The van der Waals surface area contributed by atoms with Crippen molar-refractivity contribution < 1.29 is 4.74 Å². The van der Waals surface area contributed by atoms with E-state index in [1.165, 1.54) is 24.0 Å². The van der Waals surface area contributed by atoms with Gasteiger partial charge in [0.25, 0.3) is 0 Å². The molecule has 4 nitrogen and oxygen atoms in total. The number of hydrogen-bond donors (Lipinski definition) is 0. The first-order valence-corrected chi connectivity index (χ1v) is 11.3. The van der Waals surface area contributed by atoms with Crippen molar-refractivity contribution in [2.24, 2.45) is 0 Å². The summed E-state index contributed by atoms with van der Waals surface area (Å²) in [5, 5.41) is 10.4. The molecule has 0 aliphatic heterocycles. The molecule has 1 aromatic heterocycles. The Hall–Kier alpha value is -1.98. The van der Waals surface area contributed by atoms with E-state index in [1.807, 2.05) is 24.3 Å². The third kappa shape index (κ3) is 4.96. The Labute approximate surface area is 181 Å². The van der Waals surface area contributed by atoms with Crippen LogP contribution in [0.1, 0.15) is 56.6 Å². The van der Waals surface area contributed by atoms with Gasteiger partial charge >= 0.3 is 0 Å². The van der Waals surface area contributed by atoms with Crippen LogP contribution in [-0.2, 0) is 17.8 Å². The molecule has 152 valence electrons. The minimum atomic E-state index is 0.175.